The second kappa shape index (κ2) is 11.7. The Morgan fingerprint density at radius 1 is 0.875 bits per heavy atom. The molecule has 2 unspecified atom stereocenters. The molecule has 0 heterocycles. The highest BCUT2D eigenvalue weighted by atomic mass is 16.6. The number of esters is 1. The monoisotopic (exact) mass is 348 g/mol. The zero-order valence-corrected chi connectivity index (χ0v) is 15.4. The van der Waals surface area contributed by atoms with Gasteiger partial charge in [-0.2, -0.15) is 0 Å². The van der Waals surface area contributed by atoms with Crippen molar-refractivity contribution in [3.05, 3.63) is 0 Å². The molecule has 0 amide bonds. The number of aliphatic carboxylic acids is 1. The lowest BCUT2D eigenvalue weighted by molar-refractivity contribution is -0.168. The first-order valence-corrected chi connectivity index (χ1v) is 7.34. The van der Waals surface area contributed by atoms with E-state index in [2.05, 4.69) is 4.74 Å². The molecule has 0 saturated carbocycles. The van der Waals surface area contributed by atoms with Gasteiger partial charge in [0.05, 0.1) is 0 Å². The zero-order valence-electron chi connectivity index (χ0n) is 15.4. The van der Waals surface area contributed by atoms with E-state index in [-0.39, 0.29) is 24.4 Å². The highest BCUT2D eigenvalue weighted by Gasteiger charge is 2.25. The molecule has 0 bridgehead atoms. The van der Waals surface area contributed by atoms with E-state index < -0.39 is 29.7 Å². The van der Waals surface area contributed by atoms with Gasteiger partial charge in [0.25, 0.3) is 0 Å². The summed E-state index contributed by atoms with van der Waals surface area (Å²) in [6, 6.07) is 0. The van der Waals surface area contributed by atoms with Crippen LogP contribution < -0.4 is 0 Å². The zero-order chi connectivity index (χ0) is 19.5. The second-order valence-corrected chi connectivity index (χ2v) is 6.13. The summed E-state index contributed by atoms with van der Waals surface area (Å²) in [4.78, 5) is 42.8. The average Bonchev–Trinajstić information content (AvgIpc) is 2.40. The number of carboxylic acid groups (broad SMARTS) is 1. The summed E-state index contributed by atoms with van der Waals surface area (Å²) in [5.74, 6) is -1.87. The topological polar surface area (TPSA) is 116 Å². The highest BCUT2D eigenvalue weighted by molar-refractivity contribution is 5.84. The summed E-state index contributed by atoms with van der Waals surface area (Å²) < 4.78 is 14.5. The molecule has 0 aliphatic heterocycles. The molecule has 140 valence electrons. The summed E-state index contributed by atoms with van der Waals surface area (Å²) in [6.45, 7) is 8.05. The number of carbonyl (C=O) groups is 4. The van der Waals surface area contributed by atoms with Crippen molar-refractivity contribution in [2.45, 2.75) is 65.3 Å². The fourth-order valence-electron chi connectivity index (χ4n) is 1.42. The van der Waals surface area contributed by atoms with Crippen LogP contribution in [-0.2, 0) is 33.4 Å². The van der Waals surface area contributed by atoms with Gasteiger partial charge < -0.3 is 19.3 Å². The lowest BCUT2D eigenvalue weighted by atomic mass is 10.1. The van der Waals surface area contributed by atoms with Crippen molar-refractivity contribution in [3.8, 4) is 0 Å². The molecule has 0 aliphatic rings. The predicted octanol–water partition coefficient (Wildman–Crippen LogP) is 1.39. The van der Waals surface area contributed by atoms with E-state index in [0.29, 0.717) is 0 Å². The van der Waals surface area contributed by atoms with Crippen molar-refractivity contribution < 1.29 is 38.5 Å². The van der Waals surface area contributed by atoms with Gasteiger partial charge in [-0.05, 0) is 34.6 Å². The first-order chi connectivity index (χ1) is 10.8. The van der Waals surface area contributed by atoms with E-state index >= 15 is 0 Å². The number of hydrogen-bond donors (Lipinski definition) is 1. The SMILES string of the molecule is COC(CC(C)=O)C(=O)O.COC(CC(C)=O)C(=O)OC(C)(C)C. The number of ketones is 2. The third-order valence-corrected chi connectivity index (χ3v) is 2.46. The molecule has 24 heavy (non-hydrogen) atoms. The maximum absolute atomic E-state index is 11.4. The standard InChI is InChI=1S/C10H18O4.C6H10O4/c1-7(11)6-8(13-5)9(12)14-10(2,3)4;1-4(7)3-5(10-2)6(8)9/h8H,6H2,1-5H3;5H,3H2,1-2H3,(H,8,9). The molecule has 0 aromatic rings. The van der Waals surface area contributed by atoms with Crippen LogP contribution in [0.25, 0.3) is 0 Å². The molecule has 0 aliphatic carbocycles. The number of carbonyl (C=O) groups excluding carboxylic acids is 3. The Bertz CT molecular complexity index is 436. The summed E-state index contributed by atoms with van der Waals surface area (Å²) >= 11 is 0. The average molecular weight is 348 g/mol. The number of rotatable bonds is 8. The number of Topliss-reactive ketones (excluding diaryl/α,β-unsaturated/α-hetero) is 2. The van der Waals surface area contributed by atoms with E-state index in [4.69, 9.17) is 14.6 Å². The van der Waals surface area contributed by atoms with E-state index in [1.807, 2.05) is 0 Å². The largest absolute Gasteiger partial charge is 0.479 e. The number of carboxylic acids is 1. The third-order valence-electron chi connectivity index (χ3n) is 2.46. The van der Waals surface area contributed by atoms with Crippen LogP contribution in [0.2, 0.25) is 0 Å². The van der Waals surface area contributed by atoms with Gasteiger partial charge in [0, 0.05) is 27.1 Å². The lowest BCUT2D eigenvalue weighted by Gasteiger charge is -2.22. The number of ether oxygens (including phenoxy) is 3. The molecule has 0 radical (unpaired) electrons. The molecular weight excluding hydrogens is 320 g/mol. The van der Waals surface area contributed by atoms with Gasteiger partial charge in [-0.25, -0.2) is 9.59 Å². The Hall–Kier alpha value is -1.80. The van der Waals surface area contributed by atoms with Crippen molar-refractivity contribution in [2.75, 3.05) is 14.2 Å². The van der Waals surface area contributed by atoms with Gasteiger partial charge in [-0.15, -0.1) is 0 Å². The van der Waals surface area contributed by atoms with Crippen molar-refractivity contribution in [3.63, 3.8) is 0 Å². The summed E-state index contributed by atoms with van der Waals surface area (Å²) in [7, 11) is 2.65. The second-order valence-electron chi connectivity index (χ2n) is 6.13. The molecule has 2 atom stereocenters. The fourth-order valence-corrected chi connectivity index (χ4v) is 1.42. The van der Waals surface area contributed by atoms with Crippen LogP contribution in [0.5, 0.6) is 0 Å². The summed E-state index contributed by atoms with van der Waals surface area (Å²) in [5, 5.41) is 8.34. The molecule has 0 rings (SSSR count). The Labute approximate surface area is 142 Å². The first-order valence-electron chi connectivity index (χ1n) is 7.34. The van der Waals surface area contributed by atoms with E-state index in [1.54, 1.807) is 20.8 Å². The van der Waals surface area contributed by atoms with Gasteiger partial charge >= 0.3 is 11.9 Å². The third kappa shape index (κ3) is 13.8. The van der Waals surface area contributed by atoms with E-state index in [1.165, 1.54) is 28.1 Å². The van der Waals surface area contributed by atoms with Crippen LogP contribution >= 0.6 is 0 Å². The maximum Gasteiger partial charge on any atom is 0.336 e. The van der Waals surface area contributed by atoms with Crippen LogP contribution in [0, 0.1) is 0 Å². The predicted molar refractivity (Wildman–Crippen MR) is 85.7 cm³/mol. The van der Waals surface area contributed by atoms with Crippen molar-refractivity contribution in [2.24, 2.45) is 0 Å². The van der Waals surface area contributed by atoms with Crippen molar-refractivity contribution in [1.29, 1.82) is 0 Å². The number of methoxy groups -OCH3 is 2. The Kier molecular flexibility index (Phi) is 11.9. The van der Waals surface area contributed by atoms with Crippen LogP contribution in [0.4, 0.5) is 0 Å². The fraction of sp³-hybridized carbons (Fsp3) is 0.750. The molecular formula is C16H28O8. The molecule has 1 N–H and O–H groups in total. The van der Waals surface area contributed by atoms with Gasteiger partial charge in [0.15, 0.2) is 12.2 Å². The van der Waals surface area contributed by atoms with Crippen molar-refractivity contribution >= 4 is 23.5 Å². The summed E-state index contributed by atoms with van der Waals surface area (Å²) in [6.07, 6.45) is -1.78. The van der Waals surface area contributed by atoms with Gasteiger partial charge in [0.2, 0.25) is 0 Å². The van der Waals surface area contributed by atoms with E-state index in [0.717, 1.165) is 0 Å². The minimum absolute atomic E-state index is 0.0609. The highest BCUT2D eigenvalue weighted by Crippen LogP contribution is 2.11. The molecule has 0 spiro atoms. The normalized spacial score (nSPS) is 13.1. The van der Waals surface area contributed by atoms with Crippen LogP contribution in [0.3, 0.4) is 0 Å². The Morgan fingerprint density at radius 2 is 1.25 bits per heavy atom. The Morgan fingerprint density at radius 3 is 1.46 bits per heavy atom. The van der Waals surface area contributed by atoms with Crippen molar-refractivity contribution in [1.82, 2.24) is 0 Å². The number of hydrogen-bond acceptors (Lipinski definition) is 7. The molecule has 0 saturated heterocycles. The molecule has 0 aromatic heterocycles. The quantitative estimate of drug-likeness (QED) is 0.654. The maximum atomic E-state index is 11.4. The van der Waals surface area contributed by atoms with Crippen LogP contribution in [0.1, 0.15) is 47.5 Å². The molecule has 8 nitrogen and oxygen atoms in total. The van der Waals surface area contributed by atoms with Gasteiger partial charge in [-0.1, -0.05) is 0 Å². The Balaban J connectivity index is 0. The lowest BCUT2D eigenvalue weighted by Crippen LogP contribution is -2.34. The van der Waals surface area contributed by atoms with Crippen LogP contribution in [0.15, 0.2) is 0 Å². The van der Waals surface area contributed by atoms with Crippen LogP contribution in [-0.4, -0.2) is 60.6 Å². The van der Waals surface area contributed by atoms with Gasteiger partial charge in [-0.3, -0.25) is 9.59 Å². The molecule has 0 aromatic carbocycles. The molecule has 8 heteroatoms. The first kappa shape index (κ1) is 24.5. The minimum atomic E-state index is -1.10. The smallest absolute Gasteiger partial charge is 0.336 e. The van der Waals surface area contributed by atoms with E-state index in [9.17, 15) is 19.2 Å². The van der Waals surface area contributed by atoms with Gasteiger partial charge in [0.1, 0.15) is 17.2 Å². The molecule has 0 fully saturated rings. The summed E-state index contributed by atoms with van der Waals surface area (Å²) in [5.41, 5.74) is -0.551. The minimum Gasteiger partial charge on any atom is -0.479 e.